The highest BCUT2D eigenvalue weighted by molar-refractivity contribution is 6.18. The van der Waals surface area contributed by atoms with E-state index in [-0.39, 0.29) is 0 Å². The molecule has 0 amide bonds. The Hall–Kier alpha value is -6.26. The van der Waals surface area contributed by atoms with Gasteiger partial charge in [-0.15, -0.1) is 0 Å². The van der Waals surface area contributed by atoms with Crippen LogP contribution >= 0.6 is 0 Å². The lowest BCUT2D eigenvalue weighted by Crippen LogP contribution is -1.88. The fraction of sp³-hybridized carbons (Fsp3) is 0. The number of benzene rings is 7. The van der Waals surface area contributed by atoms with E-state index in [9.17, 15) is 0 Å². The minimum atomic E-state index is 0.544. The fourth-order valence-corrected chi connectivity index (χ4v) is 6.92. The third-order valence-electron chi connectivity index (χ3n) is 9.13. The van der Waals surface area contributed by atoms with Gasteiger partial charge in [0.25, 0.3) is 0 Å². The number of nitrogens with zero attached hydrogens (tertiary/aromatic N) is 2. The summed E-state index contributed by atoms with van der Waals surface area (Å²) in [4.78, 5) is 9.78. The van der Waals surface area contributed by atoms with Crippen LogP contribution in [0.15, 0.2) is 155 Å². The molecule has 0 aliphatic carbocycles. The second-order valence-corrected chi connectivity index (χ2v) is 11.8. The molecule has 0 aliphatic rings. The highest BCUT2D eigenvalue weighted by Crippen LogP contribution is 2.40. The molecule has 4 heteroatoms. The summed E-state index contributed by atoms with van der Waals surface area (Å²) in [6.45, 7) is 0. The minimum Gasteiger partial charge on any atom is -0.455 e. The zero-order chi connectivity index (χ0) is 30.2. The summed E-state index contributed by atoms with van der Waals surface area (Å²) in [7, 11) is 0. The minimum absolute atomic E-state index is 0.544. The van der Waals surface area contributed by atoms with Crippen LogP contribution in [0.3, 0.4) is 0 Å². The normalized spacial score (nSPS) is 11.9. The molecule has 0 spiro atoms. The van der Waals surface area contributed by atoms with Crippen LogP contribution in [0.5, 0.6) is 0 Å². The first-order chi connectivity index (χ1) is 22.8. The molecule has 10 aromatic rings. The molecule has 0 aliphatic heterocycles. The molecule has 0 bridgehead atoms. The van der Waals surface area contributed by atoms with Crippen molar-refractivity contribution in [3.05, 3.63) is 146 Å². The number of hydrogen-bond acceptors (Lipinski definition) is 4. The first kappa shape index (κ1) is 25.1. The van der Waals surface area contributed by atoms with Crippen molar-refractivity contribution in [3.63, 3.8) is 0 Å². The molecule has 0 atom stereocenters. The Morgan fingerprint density at radius 3 is 1.98 bits per heavy atom. The Labute approximate surface area is 263 Å². The number of hydrogen-bond donors (Lipinski definition) is 0. The SMILES string of the molecule is c1cc(-c2cccc(-c3cccc4c3oc3c5ccccc5ccc43)c2)cc(-c2cnc3c(n2)oc2ccc4ccccc4c23)c1. The van der Waals surface area contributed by atoms with Crippen LogP contribution in [0, 0.1) is 0 Å². The summed E-state index contributed by atoms with van der Waals surface area (Å²) in [5.41, 5.74) is 10.1. The van der Waals surface area contributed by atoms with E-state index in [0.717, 1.165) is 88.1 Å². The van der Waals surface area contributed by atoms with Gasteiger partial charge in [-0.25, -0.2) is 9.97 Å². The zero-order valence-electron chi connectivity index (χ0n) is 24.6. The van der Waals surface area contributed by atoms with Crippen LogP contribution in [-0.4, -0.2) is 9.97 Å². The van der Waals surface area contributed by atoms with Crippen LogP contribution in [-0.2, 0) is 0 Å². The summed E-state index contributed by atoms with van der Waals surface area (Å²) in [6, 6.07) is 48.6. The van der Waals surface area contributed by atoms with Crippen LogP contribution in [0.1, 0.15) is 0 Å². The number of aromatic nitrogens is 2. The van der Waals surface area contributed by atoms with E-state index < -0.39 is 0 Å². The monoisotopic (exact) mass is 588 g/mol. The largest absolute Gasteiger partial charge is 0.455 e. The molecule has 0 unspecified atom stereocenters. The van der Waals surface area contributed by atoms with Crippen molar-refractivity contribution in [1.29, 1.82) is 0 Å². The van der Waals surface area contributed by atoms with Gasteiger partial charge in [-0.05, 0) is 57.1 Å². The molecule has 214 valence electrons. The summed E-state index contributed by atoms with van der Waals surface area (Å²) in [5, 5.41) is 7.84. The van der Waals surface area contributed by atoms with E-state index in [1.807, 2.05) is 24.4 Å². The molecule has 0 radical (unpaired) electrons. The highest BCUT2D eigenvalue weighted by Gasteiger charge is 2.16. The van der Waals surface area contributed by atoms with Crippen molar-refractivity contribution < 1.29 is 8.83 Å². The average Bonchev–Trinajstić information content (AvgIpc) is 3.70. The van der Waals surface area contributed by atoms with Gasteiger partial charge in [0.15, 0.2) is 0 Å². The maximum Gasteiger partial charge on any atom is 0.246 e. The zero-order valence-corrected chi connectivity index (χ0v) is 24.6. The van der Waals surface area contributed by atoms with Crippen molar-refractivity contribution in [2.45, 2.75) is 0 Å². The standard InChI is InChI=1S/C42H24N2O2/c1-3-14-31-25(8-1)19-21-37-38(31)39-42(45-37)44-36(24-43-39)30-13-6-11-28(23-30)27-10-5-12-29(22-27)33-16-7-17-34-35-20-18-26-9-2-4-15-32(26)40(35)46-41(33)34/h1-24H. The molecule has 0 saturated heterocycles. The van der Waals surface area contributed by atoms with Gasteiger partial charge in [-0.2, -0.15) is 0 Å². The van der Waals surface area contributed by atoms with Crippen LogP contribution in [0.25, 0.3) is 99.2 Å². The lowest BCUT2D eigenvalue weighted by Gasteiger charge is -2.08. The van der Waals surface area contributed by atoms with E-state index in [4.69, 9.17) is 18.8 Å². The molecule has 46 heavy (non-hydrogen) atoms. The van der Waals surface area contributed by atoms with Crippen LogP contribution < -0.4 is 0 Å². The van der Waals surface area contributed by atoms with Crippen LogP contribution in [0.4, 0.5) is 0 Å². The highest BCUT2D eigenvalue weighted by atomic mass is 16.3. The molecule has 0 fully saturated rings. The molecule has 0 saturated carbocycles. The lowest BCUT2D eigenvalue weighted by molar-refractivity contribution is 0.654. The first-order valence-corrected chi connectivity index (χ1v) is 15.4. The molecule has 7 aromatic carbocycles. The molecular weight excluding hydrogens is 564 g/mol. The third kappa shape index (κ3) is 3.74. The second-order valence-electron chi connectivity index (χ2n) is 11.8. The van der Waals surface area contributed by atoms with Gasteiger partial charge >= 0.3 is 0 Å². The van der Waals surface area contributed by atoms with Crippen molar-refractivity contribution in [1.82, 2.24) is 9.97 Å². The summed E-state index contributed by atoms with van der Waals surface area (Å²) in [6.07, 6.45) is 1.85. The van der Waals surface area contributed by atoms with Gasteiger partial charge in [0.05, 0.1) is 17.3 Å². The van der Waals surface area contributed by atoms with Gasteiger partial charge < -0.3 is 8.83 Å². The Morgan fingerprint density at radius 1 is 0.457 bits per heavy atom. The molecular formula is C42H24N2O2. The number of fused-ring (bicyclic) bond motifs is 10. The van der Waals surface area contributed by atoms with Crippen molar-refractivity contribution >= 4 is 65.7 Å². The predicted octanol–water partition coefficient (Wildman–Crippen LogP) is 11.6. The third-order valence-corrected chi connectivity index (χ3v) is 9.13. The Kier molecular flexibility index (Phi) is 5.25. The Bertz CT molecular complexity index is 2820. The van der Waals surface area contributed by atoms with E-state index in [1.165, 1.54) is 5.39 Å². The molecule has 4 nitrogen and oxygen atoms in total. The van der Waals surface area contributed by atoms with Gasteiger partial charge in [-0.1, -0.05) is 115 Å². The number of para-hydroxylation sites is 1. The quantitative estimate of drug-likeness (QED) is 0.206. The molecule has 10 rings (SSSR count). The van der Waals surface area contributed by atoms with E-state index in [0.29, 0.717) is 5.71 Å². The Balaban J connectivity index is 1.06. The van der Waals surface area contributed by atoms with Gasteiger partial charge in [0.2, 0.25) is 5.71 Å². The maximum atomic E-state index is 6.63. The van der Waals surface area contributed by atoms with Crippen molar-refractivity contribution in [3.8, 4) is 33.5 Å². The van der Waals surface area contributed by atoms with Gasteiger partial charge in [0, 0.05) is 27.3 Å². The lowest BCUT2D eigenvalue weighted by atomic mass is 9.96. The molecule has 3 heterocycles. The van der Waals surface area contributed by atoms with Gasteiger partial charge in [-0.3, -0.25) is 0 Å². The number of rotatable bonds is 3. The van der Waals surface area contributed by atoms with Crippen molar-refractivity contribution in [2.24, 2.45) is 0 Å². The first-order valence-electron chi connectivity index (χ1n) is 15.4. The van der Waals surface area contributed by atoms with E-state index >= 15 is 0 Å². The summed E-state index contributed by atoms with van der Waals surface area (Å²) < 4.78 is 12.8. The van der Waals surface area contributed by atoms with Crippen LogP contribution in [0.2, 0.25) is 0 Å². The summed E-state index contributed by atoms with van der Waals surface area (Å²) in [5.74, 6) is 0. The Morgan fingerprint density at radius 2 is 1.11 bits per heavy atom. The average molecular weight is 589 g/mol. The topological polar surface area (TPSA) is 52.1 Å². The smallest absolute Gasteiger partial charge is 0.246 e. The summed E-state index contributed by atoms with van der Waals surface area (Å²) >= 11 is 0. The van der Waals surface area contributed by atoms with E-state index in [2.05, 4.69) is 121 Å². The van der Waals surface area contributed by atoms with E-state index in [1.54, 1.807) is 0 Å². The van der Waals surface area contributed by atoms with Gasteiger partial charge in [0.1, 0.15) is 22.3 Å². The predicted molar refractivity (Wildman–Crippen MR) is 188 cm³/mol. The second kappa shape index (κ2) is 9.62. The fourth-order valence-electron chi connectivity index (χ4n) is 6.92. The number of furan rings is 2. The van der Waals surface area contributed by atoms with Crippen molar-refractivity contribution in [2.75, 3.05) is 0 Å². The molecule has 3 aromatic heterocycles. The molecule has 0 N–H and O–H groups in total. The maximum absolute atomic E-state index is 6.63.